The van der Waals surface area contributed by atoms with Crippen LogP contribution < -0.4 is 10.2 Å². The number of sulfonamides is 1. The van der Waals surface area contributed by atoms with E-state index in [0.29, 0.717) is 12.0 Å². The maximum absolute atomic E-state index is 13.6. The highest BCUT2D eigenvalue weighted by Gasteiger charge is 2.31. The van der Waals surface area contributed by atoms with Crippen molar-refractivity contribution in [1.29, 1.82) is 0 Å². The molecule has 2 unspecified atom stereocenters. The quantitative estimate of drug-likeness (QED) is 0.348. The molecule has 0 fully saturated rings. The van der Waals surface area contributed by atoms with Crippen molar-refractivity contribution in [2.75, 3.05) is 32.1 Å². The maximum atomic E-state index is 13.6. The third kappa shape index (κ3) is 8.14. The van der Waals surface area contributed by atoms with Crippen LogP contribution in [0.4, 0.5) is 5.69 Å². The summed E-state index contributed by atoms with van der Waals surface area (Å²) in [5.41, 5.74) is 4.10. The number of aliphatic hydroxyl groups is 1. The highest BCUT2D eigenvalue weighted by atomic mass is 32.2. The number of aryl methyl sites for hydroxylation is 2. The second-order valence-electron chi connectivity index (χ2n) is 10.8. The first kappa shape index (κ1) is 30.3. The number of benzene rings is 3. The summed E-state index contributed by atoms with van der Waals surface area (Å²) in [5, 5.41) is 14.5. The summed E-state index contributed by atoms with van der Waals surface area (Å²) in [6.07, 6.45) is -0.800. The normalized spacial score (nSPS) is 13.4. The molecule has 3 aromatic rings. The Balaban J connectivity index is 1.92. The summed E-state index contributed by atoms with van der Waals surface area (Å²) in [7, 11) is -0.0440. The van der Waals surface area contributed by atoms with E-state index in [9.17, 15) is 18.3 Å². The van der Waals surface area contributed by atoms with Crippen LogP contribution in [0, 0.1) is 19.8 Å². The summed E-state index contributed by atoms with van der Waals surface area (Å²) < 4.78 is 28.5. The van der Waals surface area contributed by atoms with E-state index in [0.717, 1.165) is 22.4 Å². The molecule has 0 spiro atoms. The average Bonchev–Trinajstić information content (AvgIpc) is 2.88. The standard InChI is InChI=1S/C31H41N3O4S/c1-22(2)20-34(39(37,38)27-16-12-23(3)13-17-27)21-30(35)29(18-25-10-8-7-9-11-25)32-31(36)28-19-26(33(5)6)15-14-24(28)4/h7-17,19,22,29-30,35H,18,20-21H2,1-6H3,(H,32,36). The zero-order chi connectivity index (χ0) is 28.7. The van der Waals surface area contributed by atoms with E-state index in [4.69, 9.17) is 0 Å². The number of amides is 1. The second kappa shape index (κ2) is 13.2. The smallest absolute Gasteiger partial charge is 0.251 e. The van der Waals surface area contributed by atoms with Crippen molar-refractivity contribution in [2.24, 2.45) is 5.92 Å². The first-order valence-electron chi connectivity index (χ1n) is 13.3. The summed E-state index contributed by atoms with van der Waals surface area (Å²) in [5.74, 6) is -0.274. The summed E-state index contributed by atoms with van der Waals surface area (Å²) in [4.78, 5) is 15.6. The molecule has 7 nitrogen and oxygen atoms in total. The molecular weight excluding hydrogens is 510 g/mol. The van der Waals surface area contributed by atoms with Crippen LogP contribution in [0.25, 0.3) is 0 Å². The van der Waals surface area contributed by atoms with Gasteiger partial charge in [-0.25, -0.2) is 8.42 Å². The summed E-state index contributed by atoms with van der Waals surface area (Å²) >= 11 is 0. The molecule has 0 aromatic heterocycles. The Kier molecular flexibility index (Phi) is 10.3. The van der Waals surface area contributed by atoms with E-state index >= 15 is 0 Å². The molecule has 0 aliphatic carbocycles. The van der Waals surface area contributed by atoms with Crippen molar-refractivity contribution in [2.45, 2.75) is 51.2 Å². The van der Waals surface area contributed by atoms with Gasteiger partial charge in [0.25, 0.3) is 5.91 Å². The Hall–Kier alpha value is -3.20. The third-order valence-corrected chi connectivity index (χ3v) is 8.53. The molecule has 0 aliphatic rings. The number of anilines is 1. The fraction of sp³-hybridized carbons (Fsp3) is 0.387. The fourth-order valence-corrected chi connectivity index (χ4v) is 6.02. The molecule has 3 rings (SSSR count). The van der Waals surface area contributed by atoms with E-state index < -0.39 is 22.2 Å². The lowest BCUT2D eigenvalue weighted by Gasteiger charge is -2.31. The van der Waals surface area contributed by atoms with Gasteiger partial charge in [0.05, 0.1) is 17.0 Å². The largest absolute Gasteiger partial charge is 0.390 e. The van der Waals surface area contributed by atoms with E-state index in [1.54, 1.807) is 24.3 Å². The molecule has 0 saturated carbocycles. The average molecular weight is 552 g/mol. The van der Waals surface area contributed by atoms with Crippen LogP contribution in [-0.2, 0) is 16.4 Å². The highest BCUT2D eigenvalue weighted by molar-refractivity contribution is 7.89. The highest BCUT2D eigenvalue weighted by Crippen LogP contribution is 2.21. The van der Waals surface area contributed by atoms with E-state index in [1.165, 1.54) is 4.31 Å². The van der Waals surface area contributed by atoms with Gasteiger partial charge in [-0.2, -0.15) is 4.31 Å². The van der Waals surface area contributed by atoms with Gasteiger partial charge in [0.15, 0.2) is 0 Å². The predicted molar refractivity (Wildman–Crippen MR) is 158 cm³/mol. The molecule has 3 aromatic carbocycles. The SMILES string of the molecule is Cc1ccc(S(=O)(=O)N(CC(C)C)CC(O)C(Cc2ccccc2)NC(=O)c2cc(N(C)C)ccc2C)cc1. The molecule has 0 aliphatic heterocycles. The summed E-state index contributed by atoms with van der Waals surface area (Å²) in [6.45, 7) is 7.74. The molecular formula is C31H41N3O4S. The third-order valence-electron chi connectivity index (χ3n) is 6.68. The Labute approximate surface area is 233 Å². The van der Waals surface area contributed by atoms with Crippen molar-refractivity contribution < 1.29 is 18.3 Å². The minimum atomic E-state index is -3.86. The minimum Gasteiger partial charge on any atom is -0.390 e. The maximum Gasteiger partial charge on any atom is 0.251 e. The monoisotopic (exact) mass is 551 g/mol. The topological polar surface area (TPSA) is 90.0 Å². The van der Waals surface area contributed by atoms with Gasteiger partial charge >= 0.3 is 0 Å². The molecule has 1 amide bonds. The molecule has 2 atom stereocenters. The predicted octanol–water partition coefficient (Wildman–Crippen LogP) is 4.42. The van der Waals surface area contributed by atoms with Crippen LogP contribution in [0.1, 0.15) is 40.9 Å². The number of nitrogens with zero attached hydrogens (tertiary/aromatic N) is 2. The molecule has 0 radical (unpaired) electrons. The lowest BCUT2D eigenvalue weighted by Crippen LogP contribution is -2.51. The van der Waals surface area contributed by atoms with Crippen molar-refractivity contribution in [3.63, 3.8) is 0 Å². The second-order valence-corrected chi connectivity index (χ2v) is 12.7. The van der Waals surface area contributed by atoms with Gasteiger partial charge in [0.2, 0.25) is 10.0 Å². The van der Waals surface area contributed by atoms with Gasteiger partial charge in [-0.05, 0) is 61.6 Å². The van der Waals surface area contributed by atoms with E-state index in [-0.39, 0.29) is 29.8 Å². The van der Waals surface area contributed by atoms with Crippen LogP contribution >= 0.6 is 0 Å². The Bertz CT molecular complexity index is 1340. The van der Waals surface area contributed by atoms with Gasteiger partial charge in [-0.1, -0.05) is 67.9 Å². The first-order chi connectivity index (χ1) is 18.4. The van der Waals surface area contributed by atoms with Crippen LogP contribution in [0.2, 0.25) is 0 Å². The molecule has 0 bridgehead atoms. The number of rotatable bonds is 12. The van der Waals surface area contributed by atoms with Crippen molar-refractivity contribution in [3.05, 3.63) is 95.1 Å². The van der Waals surface area contributed by atoms with Crippen molar-refractivity contribution in [3.8, 4) is 0 Å². The van der Waals surface area contributed by atoms with Crippen LogP contribution in [0.15, 0.2) is 77.7 Å². The van der Waals surface area contributed by atoms with Gasteiger partial charge in [-0.3, -0.25) is 4.79 Å². The number of hydrogen-bond acceptors (Lipinski definition) is 5. The zero-order valence-corrected chi connectivity index (χ0v) is 24.6. The van der Waals surface area contributed by atoms with Gasteiger partial charge in [0.1, 0.15) is 0 Å². The Morgan fingerprint density at radius 2 is 1.56 bits per heavy atom. The van der Waals surface area contributed by atoms with Crippen LogP contribution in [-0.4, -0.2) is 63.1 Å². The number of carbonyl (C=O) groups is 1. The van der Waals surface area contributed by atoms with Gasteiger partial charge in [0, 0.05) is 38.4 Å². The number of hydrogen-bond donors (Lipinski definition) is 2. The molecule has 210 valence electrons. The van der Waals surface area contributed by atoms with E-state index in [2.05, 4.69) is 5.32 Å². The molecule has 39 heavy (non-hydrogen) atoms. The fourth-order valence-electron chi connectivity index (χ4n) is 4.40. The van der Waals surface area contributed by atoms with Gasteiger partial charge < -0.3 is 15.3 Å². The number of carbonyl (C=O) groups excluding carboxylic acids is 1. The minimum absolute atomic E-state index is 0.0380. The Morgan fingerprint density at radius 3 is 2.15 bits per heavy atom. The first-order valence-corrected chi connectivity index (χ1v) is 14.7. The summed E-state index contributed by atoms with van der Waals surface area (Å²) in [6, 6.07) is 21.2. The number of nitrogens with one attached hydrogen (secondary N) is 1. The van der Waals surface area contributed by atoms with Crippen molar-refractivity contribution >= 4 is 21.6 Å². The van der Waals surface area contributed by atoms with Crippen LogP contribution in [0.3, 0.4) is 0 Å². The van der Waals surface area contributed by atoms with Crippen LogP contribution in [0.5, 0.6) is 0 Å². The van der Waals surface area contributed by atoms with Gasteiger partial charge in [-0.15, -0.1) is 0 Å². The zero-order valence-electron chi connectivity index (χ0n) is 23.8. The molecule has 2 N–H and O–H groups in total. The Morgan fingerprint density at radius 1 is 0.923 bits per heavy atom. The lowest BCUT2D eigenvalue weighted by molar-refractivity contribution is 0.0775. The number of aliphatic hydroxyl groups excluding tert-OH is 1. The lowest BCUT2D eigenvalue weighted by atomic mass is 9.99. The molecule has 0 heterocycles. The molecule has 0 saturated heterocycles. The van der Waals surface area contributed by atoms with E-state index in [1.807, 2.05) is 95.2 Å². The molecule has 8 heteroatoms. The van der Waals surface area contributed by atoms with Crippen molar-refractivity contribution in [1.82, 2.24) is 9.62 Å².